The Hall–Kier alpha value is -1.77. The van der Waals surface area contributed by atoms with Gasteiger partial charge in [-0.3, -0.25) is 0 Å². The van der Waals surface area contributed by atoms with Crippen LogP contribution in [0.1, 0.15) is 7.06 Å². The van der Waals surface area contributed by atoms with Crippen molar-refractivity contribution in [3.05, 3.63) is 36.7 Å². The Morgan fingerprint density at radius 3 is 3.08 bits per heavy atom. The number of aromatic nitrogens is 2. The predicted molar refractivity (Wildman–Crippen MR) is 48.1 cm³/mol. The highest BCUT2D eigenvalue weighted by Crippen LogP contribution is 2.13. The lowest BCUT2D eigenvalue weighted by Crippen LogP contribution is -2.23. The average molecular weight is 176 g/mol. The number of fused-ring (bicyclic) bond motifs is 1. The molecule has 0 bridgehead atoms. The lowest BCUT2D eigenvalue weighted by molar-refractivity contribution is -0.582. The molecule has 2 heterocycles. The Bertz CT molecular complexity index is 477. The molecule has 0 aromatic carbocycles. The summed E-state index contributed by atoms with van der Waals surface area (Å²) in [6.07, 6.45) is 1.68. The van der Waals surface area contributed by atoms with Crippen molar-refractivity contribution < 1.29 is 10.9 Å². The molecule has 0 radical (unpaired) electrons. The van der Waals surface area contributed by atoms with Crippen LogP contribution in [0.4, 0.5) is 0 Å². The molecule has 13 heavy (non-hydrogen) atoms. The van der Waals surface area contributed by atoms with E-state index < -0.39 is 0 Å². The van der Waals surface area contributed by atoms with Gasteiger partial charge in [-0.2, -0.15) is 0 Å². The average Bonchev–Trinajstić information content (AvgIpc) is 2.41. The van der Waals surface area contributed by atoms with E-state index in [-0.39, 0.29) is 11.9 Å². The fourth-order valence-corrected chi connectivity index (χ4v) is 1.45. The second-order valence-corrected chi connectivity index (χ2v) is 2.82. The maximum atomic E-state index is 11.8. The zero-order valence-electron chi connectivity index (χ0n) is 8.32. The summed E-state index contributed by atoms with van der Waals surface area (Å²) in [5.74, 6) is -0.192. The molecule has 0 fully saturated rings. The van der Waals surface area contributed by atoms with E-state index in [2.05, 4.69) is 6.58 Å². The van der Waals surface area contributed by atoms with Crippen LogP contribution in [0.15, 0.2) is 31.0 Å². The standard InChI is InChI=1S/C10H10N2O/c1-3-8-10(13)12-7-5-4-6-9(12)11(8)2/h3-7H,1H2,2H3/i3T. The first-order valence-electron chi connectivity index (χ1n) is 4.45. The Kier molecular flexibility index (Phi) is 1.35. The minimum atomic E-state index is -0.192. The van der Waals surface area contributed by atoms with E-state index in [1.165, 1.54) is 4.40 Å². The molecule has 2 aromatic rings. The fraction of sp³-hybridized carbons (Fsp3) is 0.100. The van der Waals surface area contributed by atoms with Crippen LogP contribution in [-0.2, 0) is 7.05 Å². The number of hydrogen-bond acceptors (Lipinski definition) is 1. The van der Waals surface area contributed by atoms with E-state index in [1.54, 1.807) is 23.9 Å². The summed E-state index contributed by atoms with van der Waals surface area (Å²) >= 11 is 0. The van der Waals surface area contributed by atoms with E-state index in [0.29, 0.717) is 5.69 Å². The molecule has 0 atom stereocenters. The van der Waals surface area contributed by atoms with Gasteiger partial charge in [0.05, 0.1) is 14.6 Å². The molecule has 0 aliphatic heterocycles. The molecule has 0 saturated carbocycles. The monoisotopic (exact) mass is 176 g/mol. The molecule has 0 amide bonds. The summed E-state index contributed by atoms with van der Waals surface area (Å²) < 4.78 is 10.6. The lowest BCUT2D eigenvalue weighted by Gasteiger charge is -1.96. The van der Waals surface area contributed by atoms with Crippen molar-refractivity contribution in [2.75, 3.05) is 0 Å². The van der Waals surface area contributed by atoms with Crippen molar-refractivity contribution in [1.29, 1.82) is 0 Å². The Balaban J connectivity index is 2.92. The van der Waals surface area contributed by atoms with Gasteiger partial charge in [0, 0.05) is 6.07 Å². The first-order valence-corrected chi connectivity index (χ1v) is 3.95. The molecule has 66 valence electrons. The molecule has 0 aliphatic carbocycles. The van der Waals surface area contributed by atoms with Crippen molar-refractivity contribution in [2.24, 2.45) is 7.05 Å². The molecule has 3 nitrogen and oxygen atoms in total. The largest absolute Gasteiger partial charge is 0.839 e. The van der Waals surface area contributed by atoms with Crippen molar-refractivity contribution in [3.63, 3.8) is 0 Å². The first kappa shape index (κ1) is 6.71. The van der Waals surface area contributed by atoms with Gasteiger partial charge < -0.3 is 5.11 Å². The molecule has 0 saturated heterocycles. The highest BCUT2D eigenvalue weighted by atomic mass is 16.3. The van der Waals surface area contributed by atoms with Crippen molar-refractivity contribution in [3.8, 4) is 5.88 Å². The molecule has 0 N–H and O–H groups in total. The third-order valence-electron chi connectivity index (χ3n) is 2.11. The summed E-state index contributed by atoms with van der Waals surface area (Å²) in [5.41, 5.74) is 1.09. The molecule has 0 unspecified atom stereocenters. The van der Waals surface area contributed by atoms with Gasteiger partial charge in [0.25, 0.3) is 5.65 Å². The second kappa shape index (κ2) is 2.62. The number of aryl methyl sites for hydroxylation is 1. The Morgan fingerprint density at radius 1 is 1.69 bits per heavy atom. The van der Waals surface area contributed by atoms with Crippen LogP contribution in [0.2, 0.25) is 0 Å². The quantitative estimate of drug-likeness (QED) is 0.581. The third kappa shape index (κ3) is 0.935. The Morgan fingerprint density at radius 2 is 2.46 bits per heavy atom. The summed E-state index contributed by atoms with van der Waals surface area (Å²) in [6, 6.07) is 5.51. The highest BCUT2D eigenvalue weighted by molar-refractivity contribution is 5.51. The maximum Gasteiger partial charge on any atom is 0.285 e. The van der Waals surface area contributed by atoms with Crippen LogP contribution in [0.3, 0.4) is 0 Å². The van der Waals surface area contributed by atoms with Crippen molar-refractivity contribution in [2.45, 2.75) is 0 Å². The van der Waals surface area contributed by atoms with E-state index in [0.717, 1.165) is 5.65 Å². The molecule has 3 heteroatoms. The molecule has 0 spiro atoms. The Labute approximate surface area is 77.6 Å². The smallest absolute Gasteiger partial charge is 0.285 e. The van der Waals surface area contributed by atoms with E-state index in [9.17, 15) is 5.11 Å². The first-order chi connectivity index (χ1) is 6.63. The molecule has 0 aliphatic rings. The lowest BCUT2D eigenvalue weighted by atomic mass is 10.4. The van der Waals surface area contributed by atoms with Crippen molar-refractivity contribution >= 4 is 11.7 Å². The topological polar surface area (TPSA) is 32.1 Å². The van der Waals surface area contributed by atoms with Crippen LogP contribution in [0.25, 0.3) is 11.7 Å². The molecular weight excluding hydrogens is 164 g/mol. The van der Waals surface area contributed by atoms with Gasteiger partial charge in [-0.05, 0) is 12.1 Å². The highest BCUT2D eigenvalue weighted by Gasteiger charge is 2.12. The third-order valence-corrected chi connectivity index (χ3v) is 2.11. The fourth-order valence-electron chi connectivity index (χ4n) is 1.45. The molecule has 2 rings (SSSR count). The van der Waals surface area contributed by atoms with Crippen LogP contribution >= 0.6 is 0 Å². The zero-order chi connectivity index (χ0) is 10.3. The number of imidazole rings is 1. The van der Waals surface area contributed by atoms with Gasteiger partial charge in [0.15, 0.2) is 5.69 Å². The zero-order valence-corrected chi connectivity index (χ0v) is 7.32. The SMILES string of the molecule is [3H]C(=C)c1c([O-])[n+]2ccccc2n1C. The number of rotatable bonds is 1. The summed E-state index contributed by atoms with van der Waals surface area (Å²) in [6.45, 7) is 3.47. The predicted octanol–water partition coefficient (Wildman–Crippen LogP) is 0.480. The summed E-state index contributed by atoms with van der Waals surface area (Å²) in [4.78, 5) is 0. The van der Waals surface area contributed by atoms with E-state index >= 15 is 0 Å². The van der Waals surface area contributed by atoms with E-state index in [4.69, 9.17) is 1.37 Å². The second-order valence-electron chi connectivity index (χ2n) is 2.82. The van der Waals surface area contributed by atoms with Crippen LogP contribution in [-0.4, -0.2) is 4.57 Å². The minimum Gasteiger partial charge on any atom is -0.839 e. The minimum absolute atomic E-state index is 0.0428. The van der Waals surface area contributed by atoms with Gasteiger partial charge in [-0.25, -0.2) is 8.97 Å². The summed E-state index contributed by atoms with van der Waals surface area (Å²) in [7, 11) is 1.76. The van der Waals surface area contributed by atoms with Crippen molar-refractivity contribution in [1.82, 2.24) is 4.57 Å². The van der Waals surface area contributed by atoms with Gasteiger partial charge in [0.1, 0.15) is 5.88 Å². The van der Waals surface area contributed by atoms with Gasteiger partial charge in [0.2, 0.25) is 0 Å². The van der Waals surface area contributed by atoms with Gasteiger partial charge in [-0.1, -0.05) is 12.6 Å². The van der Waals surface area contributed by atoms with E-state index in [1.807, 2.05) is 12.1 Å². The van der Waals surface area contributed by atoms with Gasteiger partial charge >= 0.3 is 0 Å². The maximum absolute atomic E-state index is 11.8. The van der Waals surface area contributed by atoms with Crippen LogP contribution in [0, 0.1) is 0 Å². The number of nitrogens with zero attached hydrogens (tertiary/aromatic N) is 2. The molecule has 2 aromatic heterocycles. The number of hydrogen-bond donors (Lipinski definition) is 0. The summed E-state index contributed by atoms with van der Waals surface area (Å²) in [5, 5.41) is 11.8. The van der Waals surface area contributed by atoms with Crippen LogP contribution < -0.4 is 9.51 Å². The number of pyridine rings is 1. The van der Waals surface area contributed by atoms with Crippen LogP contribution in [0.5, 0.6) is 5.88 Å². The van der Waals surface area contributed by atoms with Gasteiger partial charge in [-0.15, -0.1) is 0 Å². The molecular formula is C10H10N2O. The normalized spacial score (nSPS) is 11.6.